The molecule has 1 aliphatic heterocycles. The van der Waals surface area contributed by atoms with Gasteiger partial charge in [-0.3, -0.25) is 9.69 Å². The molecule has 2 unspecified atom stereocenters. The van der Waals surface area contributed by atoms with Gasteiger partial charge in [0.25, 0.3) is 0 Å². The van der Waals surface area contributed by atoms with Crippen LogP contribution in [0.25, 0.3) is 0 Å². The van der Waals surface area contributed by atoms with Crippen LogP contribution in [0.4, 0.5) is 11.4 Å². The summed E-state index contributed by atoms with van der Waals surface area (Å²) in [6.45, 7) is 1.36. The Kier molecular flexibility index (Phi) is 6.61. The predicted octanol–water partition coefficient (Wildman–Crippen LogP) is 1.77. The normalized spacial score (nSPS) is 19.2. The highest BCUT2D eigenvalue weighted by atomic mass is 16.5. The number of nitrogens with zero attached hydrogens (tertiary/aromatic N) is 2. The number of likely N-dealkylation sites (N-methyl/N-ethyl adjacent to an activating group) is 1. The van der Waals surface area contributed by atoms with Crippen LogP contribution in [0.5, 0.6) is 5.75 Å². The second-order valence-corrected chi connectivity index (χ2v) is 7.83. The fraction of sp³-hybridized carbons (Fsp3) is 0.409. The van der Waals surface area contributed by atoms with E-state index in [1.165, 1.54) is 10.6 Å². The van der Waals surface area contributed by atoms with E-state index in [0.717, 1.165) is 36.4 Å². The quantitative estimate of drug-likeness (QED) is 0.374. The largest absolute Gasteiger partial charge is 0.497 e. The van der Waals surface area contributed by atoms with Crippen molar-refractivity contribution in [3.05, 3.63) is 53.6 Å². The second-order valence-electron chi connectivity index (χ2n) is 7.83. The number of methoxy groups -OCH3 is 1. The zero-order valence-electron chi connectivity index (χ0n) is 17.4. The number of rotatable bonds is 7. The molecule has 2 aromatic carbocycles. The van der Waals surface area contributed by atoms with Gasteiger partial charge in [-0.05, 0) is 61.2 Å². The van der Waals surface area contributed by atoms with Crippen molar-refractivity contribution in [1.82, 2.24) is 10.2 Å². The maximum Gasteiger partial charge on any atom is 0.237 e. The van der Waals surface area contributed by atoms with Crippen LogP contribution < -0.4 is 26.6 Å². The highest BCUT2D eigenvalue weighted by molar-refractivity contribution is 5.82. The molecule has 1 saturated heterocycles. The van der Waals surface area contributed by atoms with Crippen molar-refractivity contribution in [2.75, 3.05) is 38.5 Å². The summed E-state index contributed by atoms with van der Waals surface area (Å²) >= 11 is 0. The van der Waals surface area contributed by atoms with Crippen molar-refractivity contribution in [2.24, 2.45) is 11.8 Å². The number of amides is 1. The maximum absolute atomic E-state index is 12.7. The van der Waals surface area contributed by atoms with E-state index in [4.69, 9.17) is 16.3 Å². The van der Waals surface area contributed by atoms with E-state index < -0.39 is 0 Å². The first-order chi connectivity index (χ1) is 13.9. The number of anilines is 2. The number of hydrogen-bond acceptors (Lipinski definition) is 6. The Labute approximate surface area is 172 Å². The Hall–Kier alpha value is -2.77. The molecule has 2 aromatic rings. The van der Waals surface area contributed by atoms with Gasteiger partial charge < -0.3 is 20.8 Å². The number of benzene rings is 2. The molecule has 1 amide bonds. The molecule has 0 spiro atoms. The van der Waals surface area contributed by atoms with Gasteiger partial charge in [0.15, 0.2) is 0 Å². The van der Waals surface area contributed by atoms with Gasteiger partial charge in [0.1, 0.15) is 5.75 Å². The maximum atomic E-state index is 12.7. The number of carbonyl (C=O) groups excluding carboxylic acids is 1. The van der Waals surface area contributed by atoms with Crippen LogP contribution in [0.3, 0.4) is 0 Å². The Bertz CT molecular complexity index is 838. The lowest BCUT2D eigenvalue weighted by Crippen LogP contribution is -2.41. The standard InChI is InChI=1S/C22H31N5O2/c1-26-14-17(10-15-4-7-18(29-3)8-5-15)12-21(26)22(28)25-13-16-6-9-20(27(2)24)19(23)11-16/h4-9,11,17,21H,10,12-14,23-24H2,1-3H3,(H,25,28). The molecule has 1 aliphatic rings. The fourth-order valence-electron chi connectivity index (χ4n) is 4.00. The molecule has 2 atom stereocenters. The number of ether oxygens (including phenoxy) is 1. The first-order valence-electron chi connectivity index (χ1n) is 9.85. The zero-order valence-corrected chi connectivity index (χ0v) is 17.4. The summed E-state index contributed by atoms with van der Waals surface area (Å²) in [7, 11) is 5.43. The van der Waals surface area contributed by atoms with Crippen LogP contribution >= 0.6 is 0 Å². The SMILES string of the molecule is COc1ccc(CC2CC(C(=O)NCc3ccc(N(C)N)c(N)c3)N(C)C2)cc1. The van der Waals surface area contributed by atoms with E-state index in [1.807, 2.05) is 37.4 Å². The first-order valence-corrected chi connectivity index (χ1v) is 9.85. The molecule has 7 nitrogen and oxygen atoms in total. The third kappa shape index (κ3) is 5.19. The van der Waals surface area contributed by atoms with Gasteiger partial charge in [-0.25, -0.2) is 5.84 Å². The van der Waals surface area contributed by atoms with Gasteiger partial charge in [0.2, 0.25) is 5.91 Å². The summed E-state index contributed by atoms with van der Waals surface area (Å²) in [5.41, 5.74) is 9.61. The van der Waals surface area contributed by atoms with Gasteiger partial charge in [0.05, 0.1) is 24.5 Å². The number of nitrogens with one attached hydrogen (secondary N) is 1. The van der Waals surface area contributed by atoms with E-state index in [-0.39, 0.29) is 11.9 Å². The minimum absolute atomic E-state index is 0.0586. The van der Waals surface area contributed by atoms with Crippen molar-refractivity contribution >= 4 is 17.3 Å². The molecule has 29 heavy (non-hydrogen) atoms. The van der Waals surface area contributed by atoms with E-state index in [2.05, 4.69) is 22.3 Å². The van der Waals surface area contributed by atoms with Crippen molar-refractivity contribution in [2.45, 2.75) is 25.4 Å². The summed E-state index contributed by atoms with van der Waals surface area (Å²) in [5, 5.41) is 4.53. The summed E-state index contributed by atoms with van der Waals surface area (Å²) in [4.78, 5) is 14.9. The molecule has 1 heterocycles. The summed E-state index contributed by atoms with van der Waals surface area (Å²) in [5.74, 6) is 7.12. The molecule has 0 bridgehead atoms. The Morgan fingerprint density at radius 1 is 1.24 bits per heavy atom. The topological polar surface area (TPSA) is 96.8 Å². The van der Waals surface area contributed by atoms with Crippen LogP contribution in [-0.2, 0) is 17.8 Å². The monoisotopic (exact) mass is 397 g/mol. The van der Waals surface area contributed by atoms with E-state index in [0.29, 0.717) is 18.2 Å². The lowest BCUT2D eigenvalue weighted by Gasteiger charge is -2.19. The smallest absolute Gasteiger partial charge is 0.237 e. The van der Waals surface area contributed by atoms with Crippen LogP contribution in [-0.4, -0.2) is 44.6 Å². The summed E-state index contributed by atoms with van der Waals surface area (Å²) in [6.07, 6.45) is 1.82. The molecule has 0 aliphatic carbocycles. The number of likely N-dealkylation sites (tertiary alicyclic amines) is 1. The van der Waals surface area contributed by atoms with Crippen molar-refractivity contribution in [3.8, 4) is 5.75 Å². The molecule has 5 N–H and O–H groups in total. The molecule has 0 aromatic heterocycles. The van der Waals surface area contributed by atoms with Crippen LogP contribution in [0.2, 0.25) is 0 Å². The summed E-state index contributed by atoms with van der Waals surface area (Å²) < 4.78 is 5.22. The van der Waals surface area contributed by atoms with Crippen molar-refractivity contribution < 1.29 is 9.53 Å². The number of nitrogens with two attached hydrogens (primary N) is 2. The highest BCUT2D eigenvalue weighted by Crippen LogP contribution is 2.26. The summed E-state index contributed by atoms with van der Waals surface area (Å²) in [6, 6.07) is 13.7. The molecule has 3 rings (SSSR count). The number of carbonyl (C=O) groups is 1. The molecule has 1 fully saturated rings. The third-order valence-electron chi connectivity index (χ3n) is 5.56. The predicted molar refractivity (Wildman–Crippen MR) is 117 cm³/mol. The molecule has 0 radical (unpaired) electrons. The van der Waals surface area contributed by atoms with Gasteiger partial charge in [-0.2, -0.15) is 0 Å². The molecular formula is C22H31N5O2. The van der Waals surface area contributed by atoms with Crippen molar-refractivity contribution in [3.63, 3.8) is 0 Å². The average molecular weight is 398 g/mol. The van der Waals surface area contributed by atoms with E-state index in [1.54, 1.807) is 14.2 Å². The zero-order chi connectivity index (χ0) is 21.0. The van der Waals surface area contributed by atoms with Crippen molar-refractivity contribution in [1.29, 1.82) is 0 Å². The molecule has 0 saturated carbocycles. The van der Waals surface area contributed by atoms with Gasteiger partial charge >= 0.3 is 0 Å². The molecule has 156 valence electrons. The lowest BCUT2D eigenvalue weighted by molar-refractivity contribution is -0.125. The third-order valence-corrected chi connectivity index (χ3v) is 5.56. The fourth-order valence-corrected chi connectivity index (χ4v) is 4.00. The van der Waals surface area contributed by atoms with Gasteiger partial charge in [-0.1, -0.05) is 18.2 Å². The average Bonchev–Trinajstić information content (AvgIpc) is 3.06. The van der Waals surface area contributed by atoms with E-state index >= 15 is 0 Å². The Balaban J connectivity index is 1.53. The minimum atomic E-state index is -0.106. The highest BCUT2D eigenvalue weighted by Gasteiger charge is 2.34. The number of hydrazine groups is 1. The number of hydrogen-bond donors (Lipinski definition) is 3. The van der Waals surface area contributed by atoms with Crippen LogP contribution in [0.15, 0.2) is 42.5 Å². The van der Waals surface area contributed by atoms with E-state index in [9.17, 15) is 4.79 Å². The van der Waals surface area contributed by atoms with Crippen LogP contribution in [0, 0.1) is 5.92 Å². The number of nitrogen functional groups attached to an aromatic ring is 1. The van der Waals surface area contributed by atoms with Gasteiger partial charge in [0, 0.05) is 20.1 Å². The van der Waals surface area contributed by atoms with Crippen LogP contribution in [0.1, 0.15) is 17.5 Å². The molecule has 7 heteroatoms. The minimum Gasteiger partial charge on any atom is -0.497 e. The van der Waals surface area contributed by atoms with Gasteiger partial charge in [-0.15, -0.1) is 0 Å². The Morgan fingerprint density at radius 3 is 2.55 bits per heavy atom. The molecular weight excluding hydrogens is 366 g/mol. The lowest BCUT2D eigenvalue weighted by atomic mass is 9.96. The second kappa shape index (κ2) is 9.15. The Morgan fingerprint density at radius 2 is 1.93 bits per heavy atom. The first kappa shape index (κ1) is 21.0.